The third-order valence-electron chi connectivity index (χ3n) is 8.27. The number of aromatic hydroxyl groups is 1. The minimum absolute atomic E-state index is 0.000130. The van der Waals surface area contributed by atoms with E-state index in [0.717, 1.165) is 10.1 Å². The van der Waals surface area contributed by atoms with E-state index in [4.69, 9.17) is 4.74 Å². The molecule has 1 aliphatic carbocycles. The van der Waals surface area contributed by atoms with Crippen molar-refractivity contribution in [3.63, 3.8) is 0 Å². The molecular weight excluding hydrogens is 476 g/mol. The van der Waals surface area contributed by atoms with Crippen LogP contribution in [0.25, 0.3) is 0 Å². The largest absolute Gasteiger partial charge is 0.508 e. The summed E-state index contributed by atoms with van der Waals surface area (Å²) in [5, 5.41) is 10.1. The highest BCUT2D eigenvalue weighted by molar-refractivity contribution is 6.24. The predicted octanol–water partition coefficient (Wildman–Crippen LogP) is 1.93. The molecule has 0 radical (unpaired) electrons. The summed E-state index contributed by atoms with van der Waals surface area (Å²) >= 11 is 0. The molecule has 10 heteroatoms. The van der Waals surface area contributed by atoms with Crippen LogP contribution in [0, 0.1) is 11.3 Å². The second-order valence-electron chi connectivity index (χ2n) is 10.0. The fourth-order valence-electron chi connectivity index (χ4n) is 6.49. The van der Waals surface area contributed by atoms with Crippen LogP contribution in [0.1, 0.15) is 30.9 Å². The van der Waals surface area contributed by atoms with Gasteiger partial charge in [0.2, 0.25) is 11.8 Å². The Hall–Kier alpha value is -4.34. The molecule has 2 aromatic carbocycles. The van der Waals surface area contributed by atoms with Crippen molar-refractivity contribution in [2.75, 3.05) is 12.0 Å². The van der Waals surface area contributed by atoms with E-state index in [1.54, 1.807) is 37.3 Å². The zero-order valence-electron chi connectivity index (χ0n) is 20.6. The molecule has 0 bridgehead atoms. The number of aromatic nitrogens is 3. The van der Waals surface area contributed by atoms with Crippen LogP contribution in [-0.4, -0.2) is 38.0 Å². The number of carbonyl (C=O) groups excluding carboxylic acids is 2. The number of rotatable bonds is 3. The molecule has 1 saturated heterocycles. The Morgan fingerprint density at radius 1 is 1.03 bits per heavy atom. The lowest BCUT2D eigenvalue weighted by atomic mass is 9.56. The van der Waals surface area contributed by atoms with Crippen molar-refractivity contribution < 1.29 is 19.4 Å². The highest BCUT2D eigenvalue weighted by Crippen LogP contribution is 2.62. The van der Waals surface area contributed by atoms with Crippen LogP contribution in [0.15, 0.2) is 69.8 Å². The number of carbonyl (C=O) groups is 2. The van der Waals surface area contributed by atoms with Gasteiger partial charge in [-0.1, -0.05) is 30.3 Å². The van der Waals surface area contributed by atoms with E-state index in [1.165, 1.54) is 40.6 Å². The van der Waals surface area contributed by atoms with E-state index in [-0.39, 0.29) is 30.5 Å². The maximum absolute atomic E-state index is 14.2. The zero-order chi connectivity index (χ0) is 26.2. The smallest absolute Gasteiger partial charge is 0.347 e. The molecule has 4 atom stereocenters. The van der Waals surface area contributed by atoms with Crippen molar-refractivity contribution >= 4 is 17.5 Å². The average Bonchev–Trinajstić information content (AvgIpc) is 3.24. The minimum atomic E-state index is -1.19. The Kier molecular flexibility index (Phi) is 4.88. The molecule has 190 valence electrons. The topological polar surface area (TPSA) is 116 Å². The molecule has 2 fully saturated rings. The van der Waals surface area contributed by atoms with Gasteiger partial charge >= 0.3 is 11.4 Å². The number of ether oxygens (including phenoxy) is 1. The molecule has 1 N–H and O–H groups in total. The number of phenolic OH excluding ortho intramolecular Hbond substituents is 1. The molecule has 3 aromatic rings. The molecule has 0 unspecified atom stereocenters. The fraction of sp³-hybridized carbons (Fsp3) is 0.333. The van der Waals surface area contributed by atoms with Crippen molar-refractivity contribution in [2.45, 2.75) is 31.8 Å². The van der Waals surface area contributed by atoms with Gasteiger partial charge in [0.15, 0.2) is 0 Å². The minimum Gasteiger partial charge on any atom is -0.508 e. The van der Waals surface area contributed by atoms with E-state index >= 15 is 0 Å². The van der Waals surface area contributed by atoms with Gasteiger partial charge in [0.25, 0.3) is 0 Å². The molecule has 10 nitrogen and oxygen atoms in total. The number of amides is 2. The first-order valence-electron chi connectivity index (χ1n) is 12.1. The van der Waals surface area contributed by atoms with Gasteiger partial charge in [-0.2, -0.15) is 0 Å². The van der Waals surface area contributed by atoms with Gasteiger partial charge in [0.05, 0.1) is 36.7 Å². The second-order valence-corrected chi connectivity index (χ2v) is 10.0. The van der Waals surface area contributed by atoms with Crippen molar-refractivity contribution in [1.29, 1.82) is 0 Å². The lowest BCUT2D eigenvalue weighted by molar-refractivity contribution is -0.129. The molecular formula is C27H26N4O6. The number of anilines is 1. The van der Waals surface area contributed by atoms with E-state index in [0.29, 0.717) is 17.0 Å². The van der Waals surface area contributed by atoms with E-state index in [2.05, 4.69) is 0 Å². The standard InChI is InChI=1S/C27H26N4O6/c1-27-19(23(33)30(24(27)34)15-7-5-4-6-8-15)14-20-17(11-12-29-25(35)28(2)26(36)31(20)29)22(27)18-10-9-16(32)13-21(18)37-3/h4-11,13,19-20,22,32H,12,14H2,1-3H3/t19-,20+,22+,27+/m0/s1. The maximum atomic E-state index is 14.2. The van der Waals surface area contributed by atoms with Crippen LogP contribution >= 0.6 is 0 Å². The molecule has 37 heavy (non-hydrogen) atoms. The maximum Gasteiger partial charge on any atom is 0.347 e. The molecule has 1 aromatic heterocycles. The quantitative estimate of drug-likeness (QED) is 0.432. The Bertz CT molecular complexity index is 1610. The predicted molar refractivity (Wildman–Crippen MR) is 134 cm³/mol. The third kappa shape index (κ3) is 2.92. The van der Waals surface area contributed by atoms with Crippen molar-refractivity contribution in [3.8, 4) is 11.5 Å². The first-order chi connectivity index (χ1) is 17.7. The van der Waals surface area contributed by atoms with Crippen molar-refractivity contribution in [2.24, 2.45) is 18.4 Å². The van der Waals surface area contributed by atoms with Gasteiger partial charge in [-0.3, -0.25) is 9.59 Å². The molecule has 6 rings (SSSR count). The summed E-state index contributed by atoms with van der Waals surface area (Å²) < 4.78 is 9.46. The summed E-state index contributed by atoms with van der Waals surface area (Å²) in [6, 6.07) is 12.9. The number of imide groups is 1. The Morgan fingerprint density at radius 3 is 2.46 bits per heavy atom. The molecule has 3 aliphatic rings. The Morgan fingerprint density at radius 2 is 1.76 bits per heavy atom. The highest BCUT2D eigenvalue weighted by Gasteiger charge is 2.65. The van der Waals surface area contributed by atoms with Crippen molar-refractivity contribution in [3.05, 3.63) is 86.7 Å². The van der Waals surface area contributed by atoms with Crippen LogP contribution in [0.2, 0.25) is 0 Å². The number of allylic oxidation sites excluding steroid dienone is 2. The Balaban J connectivity index is 1.62. The lowest BCUT2D eigenvalue weighted by Gasteiger charge is -2.47. The molecule has 1 saturated carbocycles. The number of hydrogen-bond donors (Lipinski definition) is 1. The average molecular weight is 503 g/mol. The number of nitrogens with zero attached hydrogens (tertiary/aromatic N) is 4. The summed E-state index contributed by atoms with van der Waals surface area (Å²) in [4.78, 5) is 55.3. The highest BCUT2D eigenvalue weighted by atomic mass is 16.5. The first kappa shape index (κ1) is 23.1. The number of para-hydroxylation sites is 1. The van der Waals surface area contributed by atoms with Gasteiger partial charge in [-0.05, 0) is 37.1 Å². The van der Waals surface area contributed by atoms with Gasteiger partial charge in [-0.15, -0.1) is 0 Å². The SMILES string of the molecule is COc1cc(O)ccc1[C@H]1C2=CCn3c(=O)n(C)c(=O)n3[C@@H]2C[C@H]2C(=O)N(c3ccccc3)C(=O)[C@@]12C. The molecule has 3 heterocycles. The van der Waals surface area contributed by atoms with E-state index in [9.17, 15) is 24.3 Å². The molecule has 2 amide bonds. The normalized spacial score (nSPS) is 26.4. The molecule has 2 aliphatic heterocycles. The summed E-state index contributed by atoms with van der Waals surface area (Å²) in [6.45, 7) is 1.95. The summed E-state index contributed by atoms with van der Waals surface area (Å²) in [5.41, 5.74) is -0.230. The monoisotopic (exact) mass is 502 g/mol. The van der Waals surface area contributed by atoms with Crippen LogP contribution in [-0.2, 0) is 23.2 Å². The van der Waals surface area contributed by atoms with Crippen LogP contribution in [0.4, 0.5) is 5.69 Å². The number of methoxy groups -OCH3 is 1. The van der Waals surface area contributed by atoms with Gasteiger partial charge in [0, 0.05) is 24.6 Å². The van der Waals surface area contributed by atoms with Gasteiger partial charge in [-0.25, -0.2) is 28.4 Å². The van der Waals surface area contributed by atoms with E-state index in [1.807, 2.05) is 12.1 Å². The van der Waals surface area contributed by atoms with Crippen LogP contribution in [0.3, 0.4) is 0 Å². The molecule has 0 spiro atoms. The number of benzene rings is 2. The summed E-state index contributed by atoms with van der Waals surface area (Å²) in [6.07, 6.45) is 2.07. The number of phenols is 1. The third-order valence-corrected chi connectivity index (χ3v) is 8.27. The number of hydrogen-bond acceptors (Lipinski definition) is 6. The Labute approximate surface area is 211 Å². The summed E-state index contributed by atoms with van der Waals surface area (Å²) in [5.74, 6) is -1.72. The first-order valence-corrected chi connectivity index (χ1v) is 12.1. The fourth-order valence-corrected chi connectivity index (χ4v) is 6.49. The van der Waals surface area contributed by atoms with Crippen molar-refractivity contribution in [1.82, 2.24) is 13.9 Å². The van der Waals surface area contributed by atoms with Crippen LogP contribution < -0.4 is 21.0 Å². The van der Waals surface area contributed by atoms with E-state index < -0.39 is 34.7 Å². The number of fused-ring (bicyclic) bond motifs is 4. The lowest BCUT2D eigenvalue weighted by Crippen LogP contribution is -2.49. The van der Waals surface area contributed by atoms with Gasteiger partial charge in [0.1, 0.15) is 11.5 Å². The van der Waals surface area contributed by atoms with Gasteiger partial charge < -0.3 is 9.84 Å². The zero-order valence-corrected chi connectivity index (χ0v) is 20.6. The summed E-state index contributed by atoms with van der Waals surface area (Å²) in [7, 11) is 2.91. The van der Waals surface area contributed by atoms with Crippen LogP contribution in [0.5, 0.6) is 11.5 Å². The second kappa shape index (κ2) is 7.83.